The maximum atomic E-state index is 13.2. The van der Waals surface area contributed by atoms with Crippen LogP contribution in [0.4, 0.5) is 10.1 Å². The van der Waals surface area contributed by atoms with Crippen LogP contribution in [0.5, 0.6) is 0 Å². The third-order valence-corrected chi connectivity index (χ3v) is 7.64. The van der Waals surface area contributed by atoms with Gasteiger partial charge in [-0.15, -0.1) is 0 Å². The van der Waals surface area contributed by atoms with E-state index in [0.29, 0.717) is 39.3 Å². The second-order valence-corrected chi connectivity index (χ2v) is 9.98. The van der Waals surface area contributed by atoms with Crippen molar-refractivity contribution in [1.82, 2.24) is 14.7 Å². The molecular weight excluding hydrogens is 479 g/mol. The van der Waals surface area contributed by atoms with Crippen LogP contribution in [0.2, 0.25) is 0 Å². The zero-order valence-corrected chi connectivity index (χ0v) is 21.7. The molecule has 0 radical (unpaired) electrons. The van der Waals surface area contributed by atoms with E-state index in [2.05, 4.69) is 58.3 Å². The lowest BCUT2D eigenvalue weighted by Crippen LogP contribution is -2.50. The van der Waals surface area contributed by atoms with E-state index in [-0.39, 0.29) is 36.5 Å². The number of hydrogen-bond acceptors (Lipinski definition) is 4. The quantitative estimate of drug-likeness (QED) is 0.475. The van der Waals surface area contributed by atoms with E-state index in [0.717, 1.165) is 18.8 Å². The molecule has 0 aromatic heterocycles. The first-order valence-electron chi connectivity index (χ1n) is 13.5. The van der Waals surface area contributed by atoms with Gasteiger partial charge in [-0.25, -0.2) is 4.39 Å². The summed E-state index contributed by atoms with van der Waals surface area (Å²) in [5.41, 5.74) is 3.47. The maximum Gasteiger partial charge on any atom is 0.223 e. The molecule has 6 nitrogen and oxygen atoms in total. The molecule has 2 aliphatic rings. The summed E-state index contributed by atoms with van der Waals surface area (Å²) in [6.45, 7) is 5.56. The molecule has 0 unspecified atom stereocenters. The second-order valence-electron chi connectivity index (χ2n) is 9.98. The Labute approximate surface area is 224 Å². The summed E-state index contributed by atoms with van der Waals surface area (Å²) in [6.07, 6.45) is 0.490. The van der Waals surface area contributed by atoms with Gasteiger partial charge in [-0.05, 0) is 35.4 Å². The lowest BCUT2D eigenvalue weighted by molar-refractivity contribution is -0.138. The van der Waals surface area contributed by atoms with Crippen LogP contribution in [0.3, 0.4) is 0 Å². The number of halogens is 1. The third-order valence-electron chi connectivity index (χ3n) is 7.64. The monoisotopic (exact) mass is 514 g/mol. The van der Waals surface area contributed by atoms with Crippen LogP contribution >= 0.6 is 0 Å². The van der Waals surface area contributed by atoms with Gasteiger partial charge in [0.15, 0.2) is 0 Å². The van der Waals surface area contributed by atoms with Crippen LogP contribution in [0.15, 0.2) is 84.9 Å². The molecule has 0 atom stereocenters. The number of benzene rings is 3. The Balaban J connectivity index is 1.09. The highest BCUT2D eigenvalue weighted by molar-refractivity contribution is 5.84. The van der Waals surface area contributed by atoms with E-state index in [1.54, 1.807) is 12.1 Å². The molecule has 2 heterocycles. The molecule has 3 aromatic carbocycles. The smallest absolute Gasteiger partial charge is 0.223 e. The number of anilines is 1. The first-order valence-corrected chi connectivity index (χ1v) is 13.5. The molecule has 2 aliphatic heterocycles. The summed E-state index contributed by atoms with van der Waals surface area (Å²) >= 11 is 0. The van der Waals surface area contributed by atoms with Gasteiger partial charge in [0.25, 0.3) is 0 Å². The number of rotatable bonds is 7. The largest absolute Gasteiger partial charge is 0.368 e. The highest BCUT2D eigenvalue weighted by Crippen LogP contribution is 2.29. The van der Waals surface area contributed by atoms with E-state index < -0.39 is 0 Å². The number of hydrogen-bond donors (Lipinski definition) is 0. The SMILES string of the molecule is O=C(CCC(=O)N1CCN(C(c2ccccc2)c2ccccc2)CC1)N1CCN(c2ccc(F)cc2)CC1. The van der Waals surface area contributed by atoms with Crippen LogP contribution < -0.4 is 4.90 Å². The summed E-state index contributed by atoms with van der Waals surface area (Å²) in [5.74, 6) is -0.163. The Bertz CT molecular complexity index is 1150. The molecule has 0 spiro atoms. The molecule has 0 saturated carbocycles. The fourth-order valence-electron chi connectivity index (χ4n) is 5.51. The Hall–Kier alpha value is -3.71. The number of piperazine rings is 2. The molecule has 5 rings (SSSR count). The van der Waals surface area contributed by atoms with Gasteiger partial charge in [-0.3, -0.25) is 14.5 Å². The second kappa shape index (κ2) is 12.2. The van der Waals surface area contributed by atoms with Gasteiger partial charge >= 0.3 is 0 Å². The fourth-order valence-corrected chi connectivity index (χ4v) is 5.51. The molecule has 3 aromatic rings. The van der Waals surface area contributed by atoms with Gasteiger partial charge in [0, 0.05) is 70.9 Å². The number of amides is 2. The molecule has 0 N–H and O–H groups in total. The van der Waals surface area contributed by atoms with Gasteiger partial charge in [0.2, 0.25) is 11.8 Å². The Kier molecular flexibility index (Phi) is 8.34. The minimum absolute atomic E-state index is 0.0314. The van der Waals surface area contributed by atoms with Crippen molar-refractivity contribution in [2.75, 3.05) is 57.3 Å². The Morgan fingerprint density at radius 2 is 1.05 bits per heavy atom. The zero-order valence-electron chi connectivity index (χ0n) is 21.7. The standard InChI is InChI=1S/C31H35FN4O2/c32-27-11-13-28(14-12-27)33-17-19-34(20-18-33)29(37)15-16-30(38)35-21-23-36(24-22-35)31(25-7-3-1-4-8-25)26-9-5-2-6-10-26/h1-14,31H,15-24H2. The van der Waals surface area contributed by atoms with E-state index in [1.165, 1.54) is 23.3 Å². The van der Waals surface area contributed by atoms with Crippen molar-refractivity contribution in [3.63, 3.8) is 0 Å². The third kappa shape index (κ3) is 6.22. The highest BCUT2D eigenvalue weighted by Gasteiger charge is 2.29. The minimum atomic E-state index is -0.249. The van der Waals surface area contributed by atoms with Crippen molar-refractivity contribution >= 4 is 17.5 Å². The van der Waals surface area contributed by atoms with Crippen LogP contribution in [0, 0.1) is 5.82 Å². The van der Waals surface area contributed by atoms with E-state index in [9.17, 15) is 14.0 Å². The predicted octanol–water partition coefficient (Wildman–Crippen LogP) is 4.19. The topological polar surface area (TPSA) is 47.1 Å². The maximum absolute atomic E-state index is 13.2. The van der Waals surface area contributed by atoms with Crippen molar-refractivity contribution in [2.24, 2.45) is 0 Å². The molecule has 2 fully saturated rings. The first kappa shape index (κ1) is 25.9. The molecular formula is C31H35FN4O2. The van der Waals surface area contributed by atoms with Crippen LogP contribution in [-0.2, 0) is 9.59 Å². The van der Waals surface area contributed by atoms with Gasteiger partial charge in [-0.1, -0.05) is 60.7 Å². The highest BCUT2D eigenvalue weighted by atomic mass is 19.1. The van der Waals surface area contributed by atoms with Crippen molar-refractivity contribution in [3.05, 3.63) is 102 Å². The molecule has 38 heavy (non-hydrogen) atoms. The number of nitrogens with zero attached hydrogens (tertiary/aromatic N) is 4. The number of carbonyl (C=O) groups excluding carboxylic acids is 2. The van der Waals surface area contributed by atoms with Crippen molar-refractivity contribution < 1.29 is 14.0 Å². The molecule has 0 bridgehead atoms. The number of carbonyl (C=O) groups is 2. The summed E-state index contributed by atoms with van der Waals surface area (Å²) in [5, 5.41) is 0. The van der Waals surface area contributed by atoms with Gasteiger partial charge in [0.1, 0.15) is 5.82 Å². The van der Waals surface area contributed by atoms with Gasteiger partial charge in [-0.2, -0.15) is 0 Å². The molecule has 2 amide bonds. The summed E-state index contributed by atoms with van der Waals surface area (Å²) < 4.78 is 13.2. The van der Waals surface area contributed by atoms with Crippen LogP contribution in [0.25, 0.3) is 0 Å². The Morgan fingerprint density at radius 3 is 1.53 bits per heavy atom. The molecule has 7 heteroatoms. The average Bonchev–Trinajstić information content (AvgIpc) is 2.98. The van der Waals surface area contributed by atoms with E-state index in [1.807, 2.05) is 21.9 Å². The van der Waals surface area contributed by atoms with E-state index in [4.69, 9.17) is 0 Å². The normalized spacial score (nSPS) is 16.6. The van der Waals surface area contributed by atoms with Crippen LogP contribution in [0.1, 0.15) is 30.0 Å². The summed E-state index contributed by atoms with van der Waals surface area (Å²) in [4.78, 5) is 34.1. The molecule has 198 valence electrons. The van der Waals surface area contributed by atoms with Crippen molar-refractivity contribution in [2.45, 2.75) is 18.9 Å². The van der Waals surface area contributed by atoms with Crippen molar-refractivity contribution in [3.8, 4) is 0 Å². The van der Waals surface area contributed by atoms with Crippen molar-refractivity contribution in [1.29, 1.82) is 0 Å². The van der Waals surface area contributed by atoms with Gasteiger partial charge < -0.3 is 14.7 Å². The predicted molar refractivity (Wildman–Crippen MR) is 147 cm³/mol. The minimum Gasteiger partial charge on any atom is -0.368 e. The average molecular weight is 515 g/mol. The Morgan fingerprint density at radius 1 is 0.605 bits per heavy atom. The lowest BCUT2D eigenvalue weighted by Gasteiger charge is -2.40. The summed E-state index contributed by atoms with van der Waals surface area (Å²) in [6, 6.07) is 27.7. The molecule has 0 aliphatic carbocycles. The molecule has 2 saturated heterocycles. The van der Waals surface area contributed by atoms with E-state index >= 15 is 0 Å². The fraction of sp³-hybridized carbons (Fsp3) is 0.355. The van der Waals surface area contributed by atoms with Crippen LogP contribution in [-0.4, -0.2) is 78.9 Å². The zero-order chi connectivity index (χ0) is 26.3. The first-order chi connectivity index (χ1) is 18.6. The lowest BCUT2D eigenvalue weighted by atomic mass is 9.96. The summed E-state index contributed by atoms with van der Waals surface area (Å²) in [7, 11) is 0. The van der Waals surface area contributed by atoms with Gasteiger partial charge in [0.05, 0.1) is 6.04 Å².